The largest absolute Gasteiger partial charge is 0.480 e. The summed E-state index contributed by atoms with van der Waals surface area (Å²) in [7, 11) is 0. The molecule has 78 valence electrons. The van der Waals surface area contributed by atoms with Crippen LogP contribution in [0.25, 0.3) is 0 Å². The molecule has 6 nitrogen and oxygen atoms in total. The van der Waals surface area contributed by atoms with Gasteiger partial charge in [-0.3, -0.25) is 14.4 Å². The number of carboxylic acid groups (broad SMARTS) is 1. The maximum atomic E-state index is 10.8. The third-order valence-electron chi connectivity index (χ3n) is 1.14. The Hall–Kier alpha value is -1.85. The number of ketones is 1. The Balaban J connectivity index is 3.54. The maximum Gasteiger partial charge on any atom is 0.322 e. The molecule has 6 heteroatoms. The summed E-state index contributed by atoms with van der Waals surface area (Å²) in [6, 6.07) is 0. The molecule has 0 spiro atoms. The van der Waals surface area contributed by atoms with Crippen LogP contribution >= 0.6 is 0 Å². The van der Waals surface area contributed by atoms with Gasteiger partial charge < -0.3 is 15.7 Å². The monoisotopic (exact) mass is 200 g/mol. The van der Waals surface area contributed by atoms with Crippen LogP contribution in [-0.4, -0.2) is 35.9 Å². The highest BCUT2D eigenvalue weighted by atomic mass is 16.4. The molecular weight excluding hydrogens is 188 g/mol. The van der Waals surface area contributed by atoms with Gasteiger partial charge in [-0.15, -0.1) is 0 Å². The molecule has 0 unspecified atom stereocenters. The van der Waals surface area contributed by atoms with Gasteiger partial charge in [-0.25, -0.2) is 0 Å². The molecule has 0 aliphatic rings. The second-order valence-electron chi connectivity index (χ2n) is 2.50. The first kappa shape index (κ1) is 12.2. The Morgan fingerprint density at radius 2 is 1.93 bits per heavy atom. The lowest BCUT2D eigenvalue weighted by Gasteiger charge is -2.01. The van der Waals surface area contributed by atoms with Crippen molar-refractivity contribution in [3.63, 3.8) is 0 Å². The predicted octanol–water partition coefficient (Wildman–Crippen LogP) is -1.12. The number of nitrogens with one attached hydrogen (secondary N) is 2. The van der Waals surface area contributed by atoms with E-state index in [1.165, 1.54) is 19.2 Å². The van der Waals surface area contributed by atoms with Crippen molar-refractivity contribution in [1.29, 1.82) is 0 Å². The number of hydrogen-bond donors (Lipinski definition) is 3. The lowest BCUT2D eigenvalue weighted by atomic mass is 10.4. The summed E-state index contributed by atoms with van der Waals surface area (Å²) in [6.45, 7) is 0.913. The molecule has 0 radical (unpaired) electrons. The van der Waals surface area contributed by atoms with Crippen LogP contribution in [0, 0.1) is 0 Å². The van der Waals surface area contributed by atoms with Gasteiger partial charge >= 0.3 is 5.97 Å². The smallest absolute Gasteiger partial charge is 0.322 e. The molecule has 0 saturated heterocycles. The van der Waals surface area contributed by atoms with E-state index in [1.54, 1.807) is 0 Å². The molecule has 3 N–H and O–H groups in total. The number of allylic oxidation sites excluding steroid dienone is 1. The predicted molar refractivity (Wildman–Crippen MR) is 48.5 cm³/mol. The van der Waals surface area contributed by atoms with E-state index in [4.69, 9.17) is 5.11 Å². The molecule has 14 heavy (non-hydrogen) atoms. The molecule has 0 rings (SSSR count). The lowest BCUT2D eigenvalue weighted by molar-refractivity contribution is -0.137. The lowest BCUT2D eigenvalue weighted by Crippen LogP contribution is -2.35. The number of amides is 1. The van der Waals surface area contributed by atoms with Crippen LogP contribution in [0.3, 0.4) is 0 Å². The van der Waals surface area contributed by atoms with E-state index in [9.17, 15) is 14.4 Å². The summed E-state index contributed by atoms with van der Waals surface area (Å²) in [4.78, 5) is 31.3. The first-order valence-corrected chi connectivity index (χ1v) is 3.91. The highest BCUT2D eigenvalue weighted by Gasteiger charge is 2.01. The Labute approximate surface area is 81.0 Å². The van der Waals surface area contributed by atoms with Crippen LogP contribution in [0.2, 0.25) is 0 Å². The Bertz CT molecular complexity index is 260. The Morgan fingerprint density at radius 1 is 1.29 bits per heavy atom. The topological polar surface area (TPSA) is 95.5 Å². The minimum atomic E-state index is -1.10. The fourth-order valence-electron chi connectivity index (χ4n) is 0.565. The van der Waals surface area contributed by atoms with Gasteiger partial charge in [0.1, 0.15) is 6.54 Å². The molecule has 1 amide bonds. The molecule has 0 aliphatic carbocycles. The molecule has 0 aromatic heterocycles. The van der Waals surface area contributed by atoms with E-state index >= 15 is 0 Å². The minimum Gasteiger partial charge on any atom is -0.480 e. The molecule has 0 heterocycles. The molecule has 0 aliphatic heterocycles. The molecule has 0 fully saturated rings. The number of carbonyl (C=O) groups is 3. The highest BCUT2D eigenvalue weighted by molar-refractivity contribution is 5.87. The van der Waals surface area contributed by atoms with Crippen molar-refractivity contribution in [2.75, 3.05) is 13.1 Å². The summed E-state index contributed by atoms with van der Waals surface area (Å²) in [5.41, 5.74) is 0. The average Bonchev–Trinajstić information content (AvgIpc) is 2.08. The number of carboxylic acids is 1. The second kappa shape index (κ2) is 6.64. The summed E-state index contributed by atoms with van der Waals surface area (Å²) < 4.78 is 0. The summed E-state index contributed by atoms with van der Waals surface area (Å²) in [5.74, 6) is -1.68. The zero-order valence-electron chi connectivity index (χ0n) is 7.74. The van der Waals surface area contributed by atoms with Crippen molar-refractivity contribution < 1.29 is 19.5 Å². The Morgan fingerprint density at radius 3 is 2.43 bits per heavy atom. The van der Waals surface area contributed by atoms with E-state index in [0.29, 0.717) is 0 Å². The van der Waals surface area contributed by atoms with Gasteiger partial charge in [-0.1, -0.05) is 0 Å². The van der Waals surface area contributed by atoms with Gasteiger partial charge in [0.2, 0.25) is 5.91 Å². The van der Waals surface area contributed by atoms with Crippen molar-refractivity contribution in [1.82, 2.24) is 10.6 Å². The fourth-order valence-corrected chi connectivity index (χ4v) is 0.565. The van der Waals surface area contributed by atoms with Crippen molar-refractivity contribution in [2.45, 2.75) is 6.92 Å². The molecule has 0 aromatic carbocycles. The molecule has 0 aromatic rings. The standard InChI is InChI=1S/C8H12N2O4/c1-6(11)2-3-9-4-7(12)10-5-8(13)14/h2-3,9H,4-5H2,1H3,(H,10,12)(H,13,14)/b3-2+. The zero-order chi connectivity index (χ0) is 11.0. The third kappa shape index (κ3) is 8.25. The van der Waals surface area contributed by atoms with Crippen molar-refractivity contribution in [3.05, 3.63) is 12.3 Å². The molecular formula is C8H12N2O4. The Kier molecular flexibility index (Phi) is 5.77. The van der Waals surface area contributed by atoms with Gasteiger partial charge in [-0.2, -0.15) is 0 Å². The summed E-state index contributed by atoms with van der Waals surface area (Å²) >= 11 is 0. The molecule has 0 bridgehead atoms. The van der Waals surface area contributed by atoms with E-state index in [1.807, 2.05) is 0 Å². The SMILES string of the molecule is CC(=O)/C=C/NCC(=O)NCC(=O)O. The normalized spacial score (nSPS) is 9.79. The first-order valence-electron chi connectivity index (χ1n) is 3.91. The second-order valence-corrected chi connectivity index (χ2v) is 2.50. The van der Waals surface area contributed by atoms with Crippen molar-refractivity contribution in [3.8, 4) is 0 Å². The van der Waals surface area contributed by atoms with Gasteiger partial charge in [0.25, 0.3) is 0 Å². The van der Waals surface area contributed by atoms with Gasteiger partial charge in [-0.05, 0) is 13.0 Å². The molecule has 0 saturated carbocycles. The van der Waals surface area contributed by atoms with Gasteiger partial charge in [0.15, 0.2) is 5.78 Å². The van der Waals surface area contributed by atoms with Gasteiger partial charge in [0, 0.05) is 6.20 Å². The summed E-state index contributed by atoms with van der Waals surface area (Å²) in [6.07, 6.45) is 2.60. The van der Waals surface area contributed by atoms with Crippen LogP contribution in [0.5, 0.6) is 0 Å². The van der Waals surface area contributed by atoms with Crippen LogP contribution in [-0.2, 0) is 14.4 Å². The van der Waals surface area contributed by atoms with Crippen molar-refractivity contribution >= 4 is 17.7 Å². The maximum absolute atomic E-state index is 10.8. The van der Waals surface area contributed by atoms with E-state index in [0.717, 1.165) is 0 Å². The minimum absolute atomic E-state index is 0.0585. The average molecular weight is 200 g/mol. The van der Waals surface area contributed by atoms with Crippen LogP contribution in [0.1, 0.15) is 6.92 Å². The molecule has 0 atom stereocenters. The van der Waals surface area contributed by atoms with Crippen LogP contribution < -0.4 is 10.6 Å². The van der Waals surface area contributed by atoms with Crippen LogP contribution in [0.4, 0.5) is 0 Å². The number of carbonyl (C=O) groups excluding carboxylic acids is 2. The highest BCUT2D eigenvalue weighted by Crippen LogP contribution is 1.71. The van der Waals surface area contributed by atoms with E-state index in [2.05, 4.69) is 10.6 Å². The van der Waals surface area contributed by atoms with Gasteiger partial charge in [0.05, 0.1) is 6.54 Å². The zero-order valence-corrected chi connectivity index (χ0v) is 7.74. The number of hydrogen-bond acceptors (Lipinski definition) is 4. The first-order chi connectivity index (χ1) is 6.52. The van der Waals surface area contributed by atoms with Crippen LogP contribution in [0.15, 0.2) is 12.3 Å². The van der Waals surface area contributed by atoms with E-state index in [-0.39, 0.29) is 12.3 Å². The quantitative estimate of drug-likeness (QED) is 0.472. The number of aliphatic carboxylic acids is 1. The third-order valence-corrected chi connectivity index (χ3v) is 1.14. The van der Waals surface area contributed by atoms with E-state index < -0.39 is 18.4 Å². The van der Waals surface area contributed by atoms with Crippen molar-refractivity contribution in [2.24, 2.45) is 0 Å². The summed E-state index contributed by atoms with van der Waals surface area (Å²) in [5, 5.41) is 12.9. The fraction of sp³-hybridized carbons (Fsp3) is 0.375. The number of rotatable bonds is 6.